The van der Waals surface area contributed by atoms with Crippen LogP contribution in [-0.2, 0) is 142 Å². The Bertz CT molecular complexity index is 3990. The van der Waals surface area contributed by atoms with Gasteiger partial charge < -0.3 is 113 Å². The molecule has 52 heteroatoms. The van der Waals surface area contributed by atoms with E-state index >= 15 is 0 Å². The molecule has 150 heavy (non-hydrogen) atoms. The quantitative estimate of drug-likeness (QED) is 0.0143. The van der Waals surface area contributed by atoms with Crippen molar-refractivity contribution < 1.29 is 219 Å². The van der Waals surface area contributed by atoms with Crippen LogP contribution >= 0.6 is 0 Å². The molecule has 878 valence electrons. The number of epoxide rings is 1. The van der Waals surface area contributed by atoms with E-state index in [0.717, 1.165) is 50.8 Å². The SMILES string of the molecule is CCC(C)(C)C(=O)OC12CC3CC(C1)CC(C(=O)OC(CS(=O)(=O)[O-])C(F)(F)F)(C3)C2.CCC(C)(C)C(=O)OCC1CO1.CCC(C)(C)C(=O)OCCOCCOC.CCC(C)C(=O)OCCNC(=O)OCCC[Si](C)(C)O[Si](C)(C)O[Si](C)(C)O[Si](C)(C)O[Si](C)(C)O[Si](C)(C)O[Si](C)(C)O[Si](C)(C)O[Si](C)(C)O[Si](C)(C)O[Si](C)(C)CCCOC(=O)NCCOC(=O)C(C)CC.CCCCCCCCCOC(=O)C(C)CC.[K+]. The van der Waals surface area contributed by atoms with E-state index in [2.05, 4.69) is 48.5 Å². The summed E-state index contributed by atoms with van der Waals surface area (Å²) in [5.41, 5.74) is -3.70. The zero-order valence-corrected chi connectivity index (χ0v) is 115. The summed E-state index contributed by atoms with van der Waals surface area (Å²) in [6.07, 6.45) is 7.89. The summed E-state index contributed by atoms with van der Waals surface area (Å²) in [6.45, 7) is 80.3. The monoisotopic (exact) mass is 2390 g/mol. The normalized spacial score (nSPS) is 18.6. The summed E-state index contributed by atoms with van der Waals surface area (Å²) < 4.78 is 202. The number of alkyl halides is 3. The molecule has 4 saturated carbocycles. The number of ether oxygens (including phenoxy) is 12. The van der Waals surface area contributed by atoms with Gasteiger partial charge in [0.1, 0.15) is 38.1 Å². The first-order chi connectivity index (χ1) is 67.9. The molecule has 7 unspecified atom stereocenters. The zero-order valence-electron chi connectivity index (χ0n) is 99.6. The molecule has 1 heterocycles. The number of carbonyl (C=O) groups excluding carboxylic acids is 9. The van der Waals surface area contributed by atoms with Crippen LogP contribution in [0.15, 0.2) is 0 Å². The number of amides is 2. The zero-order chi connectivity index (χ0) is 115. The first-order valence-corrected chi connectivity index (χ1v) is 86.9. The Morgan fingerprint density at radius 2 is 0.733 bits per heavy atom. The minimum absolute atomic E-state index is 0. The minimum Gasteiger partial charge on any atom is -0.748 e. The van der Waals surface area contributed by atoms with Crippen LogP contribution in [0.1, 0.15) is 246 Å². The van der Waals surface area contributed by atoms with Crippen molar-refractivity contribution in [1.29, 1.82) is 0 Å². The molecule has 7 atom stereocenters. The van der Waals surface area contributed by atoms with Gasteiger partial charge in [-0.1, -0.05) is 108 Å². The average molecular weight is 2390 g/mol. The number of methoxy groups -OCH3 is 1. The fraction of sp³-hybridized carbons (Fsp3) is 0.908. The molecule has 4 aliphatic carbocycles. The van der Waals surface area contributed by atoms with Gasteiger partial charge in [0.05, 0.1) is 115 Å². The number of unbranched alkanes of at least 4 members (excludes halogenated alkanes) is 6. The maximum absolute atomic E-state index is 13.3. The third kappa shape index (κ3) is 66.4. The van der Waals surface area contributed by atoms with Crippen molar-refractivity contribution in [2.75, 3.05) is 98.6 Å². The van der Waals surface area contributed by atoms with Crippen LogP contribution in [0.2, 0.25) is 156 Å². The van der Waals surface area contributed by atoms with Crippen LogP contribution in [0.5, 0.6) is 0 Å². The molecule has 2 N–H and O–H groups in total. The first-order valence-electron chi connectivity index (χ1n) is 53.7. The molecule has 0 aromatic rings. The van der Waals surface area contributed by atoms with E-state index in [1.165, 1.54) is 38.5 Å². The maximum Gasteiger partial charge on any atom is 1.00 e. The molecule has 0 radical (unpaired) electrons. The smallest absolute Gasteiger partial charge is 0.748 e. The standard InChI is InChI=1S/C44H106N2O18Si11.C20H29F3O7S.C14H28O2.C11H22O4.C9H16O3.K/c1-27-39(3)41(47)51-35-31-45-43(49)53-33-29-37-65(5,6)55-67(9,10)57-69(13,14)59-71(17,18)61-73(21,22)63-75(25,26)64-74(23,24)62-72(19,20)60-70(15,16)58-68(11,12)56-66(7,8)38-30-34-54-44(50)46-32-36-52-42(48)40(4)28-2;1-4-17(2,3)15(24)30-19-8-12-5-13(9-19)7-18(6-12,11-19)16(25)29-14(20(21,22)23)10-31(26,27)28;1-4-6-7-8-9-10-11-12-16-14(15)13(3)5-2;1-5-11(2,3)10(12)15-9-8-14-7-6-13-4;1-4-9(2,3)8(10)12-6-7-5-11-7;/h39-40H,27-38H2,1-26H3,(H,45,49)(H,46,50);12-14H,4-11H2,1-3H3,(H,26,27,28);13H,4-12H2,1-3H3;5-9H2,1-4H3;7H,4-6H2,1-3H3;/q;;;;;+1/p-1. The van der Waals surface area contributed by atoms with Gasteiger partial charge in [-0.3, -0.25) is 33.6 Å². The molecule has 0 aromatic carbocycles. The van der Waals surface area contributed by atoms with E-state index in [-0.39, 0.29) is 168 Å². The minimum atomic E-state index is -5.27. The Morgan fingerprint density at radius 3 is 1.06 bits per heavy atom. The van der Waals surface area contributed by atoms with Crippen molar-refractivity contribution >= 4 is 158 Å². The predicted molar refractivity (Wildman–Crippen MR) is 593 cm³/mol. The van der Waals surface area contributed by atoms with Gasteiger partial charge in [-0.25, -0.2) is 18.0 Å². The van der Waals surface area contributed by atoms with E-state index in [4.69, 9.17) is 93.3 Å². The Labute approximate surface area is 954 Å². The largest absolute Gasteiger partial charge is 1.00 e. The van der Waals surface area contributed by atoms with Gasteiger partial charge >= 0.3 is 189 Å². The molecule has 36 nitrogen and oxygen atoms in total. The van der Waals surface area contributed by atoms with Crippen molar-refractivity contribution in [2.45, 2.75) is 426 Å². The topological polar surface area (TPSA) is 441 Å². The van der Waals surface area contributed by atoms with E-state index < -0.39 is 168 Å². The number of hydrogen-bond acceptors (Lipinski definition) is 34. The van der Waals surface area contributed by atoms with Crippen molar-refractivity contribution in [2.24, 2.45) is 51.2 Å². The Kier molecular flexibility index (Phi) is 67.8. The number of esters is 7. The Morgan fingerprint density at radius 1 is 0.413 bits per heavy atom. The molecule has 4 bridgehead atoms. The van der Waals surface area contributed by atoms with Crippen LogP contribution in [-0.4, -0.2) is 283 Å². The summed E-state index contributed by atoms with van der Waals surface area (Å²) in [4.78, 5) is 108. The van der Waals surface area contributed by atoms with Gasteiger partial charge in [0.15, 0.2) is 16.6 Å². The van der Waals surface area contributed by atoms with Crippen molar-refractivity contribution in [3.63, 3.8) is 0 Å². The third-order valence-corrected chi connectivity index (χ3v) is 68.9. The molecule has 2 amide bonds. The summed E-state index contributed by atoms with van der Waals surface area (Å²) in [7, 11) is -33.1. The Balaban J connectivity index is 0. The van der Waals surface area contributed by atoms with Crippen LogP contribution in [0, 0.1) is 51.2 Å². The van der Waals surface area contributed by atoms with Gasteiger partial charge in [0.2, 0.25) is 6.10 Å². The summed E-state index contributed by atoms with van der Waals surface area (Å²) in [6, 6.07) is 1.54. The number of hydrogen-bond donors (Lipinski definition) is 2. The number of rotatable bonds is 67. The van der Waals surface area contributed by atoms with Crippen molar-refractivity contribution in [3.8, 4) is 0 Å². The van der Waals surface area contributed by atoms with Crippen LogP contribution < -0.4 is 62.0 Å². The van der Waals surface area contributed by atoms with Gasteiger partial charge in [-0.15, -0.1) is 0 Å². The van der Waals surface area contributed by atoms with Gasteiger partial charge in [0.25, 0.3) is 0 Å². The summed E-state index contributed by atoms with van der Waals surface area (Å²) >= 11 is 0. The predicted octanol–water partition coefficient (Wildman–Crippen LogP) is 18.9. The van der Waals surface area contributed by atoms with Crippen molar-refractivity contribution in [1.82, 2.24) is 10.6 Å². The van der Waals surface area contributed by atoms with Crippen LogP contribution in [0.3, 0.4) is 0 Å². The van der Waals surface area contributed by atoms with E-state index in [0.29, 0.717) is 97.4 Å². The molecular weight excluding hydrogens is 2190 g/mol. The first kappa shape index (κ1) is 150. The maximum atomic E-state index is 13.3. The summed E-state index contributed by atoms with van der Waals surface area (Å²) in [5.74, 6) is -4.60. The molecule has 0 aromatic heterocycles. The number of halogens is 3. The van der Waals surface area contributed by atoms with E-state index in [9.17, 15) is 69.3 Å². The van der Waals surface area contributed by atoms with Crippen LogP contribution in [0.4, 0.5) is 22.8 Å². The molecular formula is C98H200F3KN2O34SSi11. The average Bonchev–Trinajstić information content (AvgIpc) is 0.901. The fourth-order valence-corrected chi connectivity index (χ4v) is 74.5. The number of carbonyl (C=O) groups is 9. The molecule has 5 rings (SSSR count). The third-order valence-electron chi connectivity index (χ3n) is 25.3. The molecule has 0 spiro atoms. The van der Waals surface area contributed by atoms with Gasteiger partial charge in [-0.2, -0.15) is 13.2 Å². The van der Waals surface area contributed by atoms with Crippen molar-refractivity contribution in [3.05, 3.63) is 0 Å². The molecule has 5 fully saturated rings. The van der Waals surface area contributed by atoms with E-state index in [1.807, 2.05) is 208 Å². The number of alkyl carbamates (subject to hydrolysis) is 2. The number of nitrogens with one attached hydrogen (secondary N) is 2. The second-order valence-electron chi connectivity index (χ2n) is 47.0. The molecule has 1 aliphatic heterocycles. The van der Waals surface area contributed by atoms with Gasteiger partial charge in [-0.05, 0) is 299 Å². The fourth-order valence-electron chi connectivity index (χ4n) is 17.7. The second kappa shape index (κ2) is 67.8. The molecule has 5 aliphatic rings. The van der Waals surface area contributed by atoms with Crippen LogP contribution in [0.25, 0.3) is 0 Å². The second-order valence-corrected chi connectivity index (χ2v) is 89.9. The Hall–Kier alpha value is -1.97. The van der Waals surface area contributed by atoms with Gasteiger partial charge in [0, 0.05) is 13.5 Å². The molecule has 1 saturated heterocycles. The van der Waals surface area contributed by atoms with E-state index in [1.54, 1.807) is 21.0 Å². The summed E-state index contributed by atoms with van der Waals surface area (Å²) in [5, 5.41) is 5.25.